The van der Waals surface area contributed by atoms with Crippen LogP contribution in [0.4, 0.5) is 5.13 Å². The predicted octanol–water partition coefficient (Wildman–Crippen LogP) is 1.96. The Balaban J connectivity index is 1.62. The van der Waals surface area contributed by atoms with Gasteiger partial charge in [-0.1, -0.05) is 11.3 Å². The van der Waals surface area contributed by atoms with E-state index in [1.165, 1.54) is 28.5 Å². The number of anilines is 1. The largest absolute Gasteiger partial charge is 0.339 e. The Hall–Kier alpha value is -1.40. The Labute approximate surface area is 122 Å². The van der Waals surface area contributed by atoms with Crippen molar-refractivity contribution in [3.05, 3.63) is 28.8 Å². The zero-order valence-electron chi connectivity index (χ0n) is 11.7. The third-order valence-electron chi connectivity index (χ3n) is 4.30. The van der Waals surface area contributed by atoms with E-state index in [0.717, 1.165) is 31.9 Å². The molecule has 3 heterocycles. The fourth-order valence-electron chi connectivity index (χ4n) is 3.15. The lowest BCUT2D eigenvalue weighted by Crippen LogP contribution is -2.33. The van der Waals surface area contributed by atoms with Crippen molar-refractivity contribution in [1.82, 2.24) is 19.9 Å². The second kappa shape index (κ2) is 4.86. The fourth-order valence-corrected chi connectivity index (χ4v) is 4.44. The van der Waals surface area contributed by atoms with Crippen molar-refractivity contribution in [1.29, 1.82) is 0 Å². The summed E-state index contributed by atoms with van der Waals surface area (Å²) in [6.45, 7) is 2.92. The van der Waals surface area contributed by atoms with Crippen LogP contribution >= 0.6 is 11.3 Å². The van der Waals surface area contributed by atoms with Crippen LogP contribution in [-0.2, 0) is 19.5 Å². The van der Waals surface area contributed by atoms with Crippen LogP contribution in [0.2, 0.25) is 0 Å². The van der Waals surface area contributed by atoms with Gasteiger partial charge in [-0.05, 0) is 26.3 Å². The highest BCUT2D eigenvalue weighted by Crippen LogP contribution is 2.38. The molecule has 4 rings (SSSR count). The van der Waals surface area contributed by atoms with E-state index < -0.39 is 0 Å². The second-order valence-electron chi connectivity index (χ2n) is 5.50. The number of fused-ring (bicyclic) bond motifs is 2. The number of thiazole rings is 1. The minimum atomic E-state index is 0.497. The third kappa shape index (κ3) is 1.94. The minimum Gasteiger partial charge on any atom is -0.339 e. The van der Waals surface area contributed by atoms with Crippen LogP contribution in [0.5, 0.6) is 0 Å². The quantitative estimate of drug-likeness (QED) is 0.918. The second-order valence-corrected chi connectivity index (χ2v) is 6.51. The van der Waals surface area contributed by atoms with Gasteiger partial charge in [-0.25, -0.2) is 9.97 Å². The lowest BCUT2D eigenvalue weighted by Gasteiger charge is -2.27. The van der Waals surface area contributed by atoms with Gasteiger partial charge >= 0.3 is 0 Å². The zero-order chi connectivity index (χ0) is 13.5. The van der Waals surface area contributed by atoms with Gasteiger partial charge < -0.3 is 14.8 Å². The summed E-state index contributed by atoms with van der Waals surface area (Å²) in [5, 5.41) is 4.60. The minimum absolute atomic E-state index is 0.497. The van der Waals surface area contributed by atoms with Gasteiger partial charge in [-0.2, -0.15) is 0 Å². The molecule has 0 spiro atoms. The molecular formula is C14H19N5S. The highest BCUT2D eigenvalue weighted by molar-refractivity contribution is 7.15. The molecule has 1 N–H and O–H groups in total. The molecule has 1 atom stereocenters. The molecule has 1 aliphatic carbocycles. The van der Waals surface area contributed by atoms with Crippen LogP contribution in [0, 0.1) is 0 Å². The van der Waals surface area contributed by atoms with E-state index in [4.69, 9.17) is 4.98 Å². The average molecular weight is 289 g/mol. The van der Waals surface area contributed by atoms with Crippen molar-refractivity contribution in [2.24, 2.45) is 0 Å². The van der Waals surface area contributed by atoms with Crippen LogP contribution in [-0.4, -0.2) is 28.1 Å². The van der Waals surface area contributed by atoms with E-state index in [-0.39, 0.29) is 0 Å². The molecule has 1 unspecified atom stereocenters. The molecule has 2 aliphatic rings. The Bertz CT molecular complexity index is 617. The molecule has 0 saturated heterocycles. The normalized spacial score (nSPS) is 21.6. The molecule has 2 aromatic rings. The van der Waals surface area contributed by atoms with Crippen LogP contribution in [0.1, 0.15) is 35.3 Å². The molecule has 106 valence electrons. The van der Waals surface area contributed by atoms with Crippen molar-refractivity contribution in [2.45, 2.75) is 38.4 Å². The number of hydrogen-bond acceptors (Lipinski definition) is 5. The van der Waals surface area contributed by atoms with Crippen LogP contribution in [0.3, 0.4) is 0 Å². The maximum atomic E-state index is 4.90. The van der Waals surface area contributed by atoms with Crippen molar-refractivity contribution in [2.75, 3.05) is 18.5 Å². The summed E-state index contributed by atoms with van der Waals surface area (Å²) in [6, 6.07) is 0.497. The van der Waals surface area contributed by atoms with Gasteiger partial charge in [0.1, 0.15) is 5.82 Å². The van der Waals surface area contributed by atoms with E-state index in [2.05, 4.69) is 33.0 Å². The Kier molecular flexibility index (Phi) is 3.00. The van der Waals surface area contributed by atoms with Crippen molar-refractivity contribution < 1.29 is 0 Å². The van der Waals surface area contributed by atoms with Gasteiger partial charge in [0.2, 0.25) is 0 Å². The molecule has 0 amide bonds. The van der Waals surface area contributed by atoms with Crippen LogP contribution in [0.15, 0.2) is 12.4 Å². The lowest BCUT2D eigenvalue weighted by molar-refractivity contribution is 0.500. The predicted molar refractivity (Wildman–Crippen MR) is 80.1 cm³/mol. The smallest absolute Gasteiger partial charge is 0.186 e. The molecular weight excluding hydrogens is 270 g/mol. The summed E-state index contributed by atoms with van der Waals surface area (Å²) in [7, 11) is 2.05. The van der Waals surface area contributed by atoms with E-state index in [9.17, 15) is 0 Å². The number of rotatable bonds is 2. The molecule has 0 bridgehead atoms. The van der Waals surface area contributed by atoms with Gasteiger partial charge in [0.15, 0.2) is 5.13 Å². The van der Waals surface area contributed by atoms with E-state index >= 15 is 0 Å². The topological polar surface area (TPSA) is 46.0 Å². The lowest BCUT2D eigenvalue weighted by atomic mass is 9.98. The first-order valence-electron chi connectivity index (χ1n) is 7.27. The fraction of sp³-hybridized carbons (Fsp3) is 0.571. The third-order valence-corrected chi connectivity index (χ3v) is 5.58. The molecule has 0 fully saturated rings. The van der Waals surface area contributed by atoms with Gasteiger partial charge in [0.05, 0.1) is 12.2 Å². The number of imidazole rings is 1. The summed E-state index contributed by atoms with van der Waals surface area (Å²) < 4.78 is 2.24. The maximum absolute atomic E-state index is 4.90. The average Bonchev–Trinajstić information content (AvgIpc) is 3.11. The standard InChI is InChI=1S/C14H19N5S/c1-15-10-3-2-4-11-13(10)20-14(17-11)19-8-7-18-6-5-16-12(18)9-19/h5-6,10,15H,2-4,7-9H2,1H3. The summed E-state index contributed by atoms with van der Waals surface area (Å²) in [5.41, 5.74) is 1.31. The highest BCUT2D eigenvalue weighted by atomic mass is 32.1. The van der Waals surface area contributed by atoms with Gasteiger partial charge in [-0.15, -0.1) is 0 Å². The zero-order valence-corrected chi connectivity index (χ0v) is 12.5. The van der Waals surface area contributed by atoms with Crippen LogP contribution < -0.4 is 10.2 Å². The van der Waals surface area contributed by atoms with E-state index in [1.807, 2.05) is 17.5 Å². The maximum Gasteiger partial charge on any atom is 0.186 e. The van der Waals surface area contributed by atoms with Gasteiger partial charge in [0, 0.05) is 36.4 Å². The van der Waals surface area contributed by atoms with E-state index in [0.29, 0.717) is 6.04 Å². The molecule has 0 saturated carbocycles. The van der Waals surface area contributed by atoms with Gasteiger partial charge in [-0.3, -0.25) is 0 Å². The monoisotopic (exact) mass is 289 g/mol. The molecule has 6 heteroatoms. The molecule has 20 heavy (non-hydrogen) atoms. The summed E-state index contributed by atoms with van der Waals surface area (Å²) in [5.74, 6) is 1.15. The number of aromatic nitrogens is 3. The van der Waals surface area contributed by atoms with Crippen LogP contribution in [0.25, 0.3) is 0 Å². The number of aryl methyl sites for hydroxylation is 1. The van der Waals surface area contributed by atoms with Gasteiger partial charge in [0.25, 0.3) is 0 Å². The summed E-state index contributed by atoms with van der Waals surface area (Å²) >= 11 is 1.87. The number of nitrogens with zero attached hydrogens (tertiary/aromatic N) is 4. The Morgan fingerprint density at radius 2 is 2.35 bits per heavy atom. The SMILES string of the molecule is CNC1CCCc2nc(N3CCn4ccnc4C3)sc21. The molecule has 2 aromatic heterocycles. The Morgan fingerprint density at radius 1 is 1.40 bits per heavy atom. The Morgan fingerprint density at radius 3 is 3.25 bits per heavy atom. The van der Waals surface area contributed by atoms with E-state index in [1.54, 1.807) is 0 Å². The first-order chi connectivity index (χ1) is 9.85. The molecule has 5 nitrogen and oxygen atoms in total. The number of nitrogens with one attached hydrogen (secondary N) is 1. The van der Waals surface area contributed by atoms with Crippen molar-refractivity contribution in [3.63, 3.8) is 0 Å². The summed E-state index contributed by atoms with van der Waals surface area (Å²) in [4.78, 5) is 13.1. The first kappa shape index (κ1) is 12.3. The molecule has 0 radical (unpaired) electrons. The van der Waals surface area contributed by atoms with Crippen molar-refractivity contribution >= 4 is 16.5 Å². The van der Waals surface area contributed by atoms with Crippen molar-refractivity contribution in [3.8, 4) is 0 Å². The molecule has 1 aliphatic heterocycles. The summed E-state index contributed by atoms with van der Waals surface area (Å²) in [6.07, 6.45) is 7.56. The highest BCUT2D eigenvalue weighted by Gasteiger charge is 2.26. The molecule has 0 aromatic carbocycles. The first-order valence-corrected chi connectivity index (χ1v) is 8.08. The number of hydrogen-bond donors (Lipinski definition) is 1.